The molecule has 31 heavy (non-hydrogen) atoms. The van der Waals surface area contributed by atoms with E-state index in [1.807, 2.05) is 42.5 Å². The van der Waals surface area contributed by atoms with Crippen molar-refractivity contribution < 1.29 is 24.1 Å². The number of esters is 1. The summed E-state index contributed by atoms with van der Waals surface area (Å²) in [6, 6.07) is 15.4. The number of hydrogen-bond donors (Lipinski definition) is 1. The largest absolute Gasteiger partial charge is 0.508 e. The number of rotatable bonds is 6. The minimum atomic E-state index is -0.278. The Morgan fingerprint density at radius 2 is 1.81 bits per heavy atom. The van der Waals surface area contributed by atoms with Crippen LogP contribution in [0.25, 0.3) is 10.8 Å². The minimum absolute atomic E-state index is 0.200. The molecule has 0 fully saturated rings. The highest BCUT2D eigenvalue weighted by Crippen LogP contribution is 2.41. The molecule has 3 aromatic rings. The van der Waals surface area contributed by atoms with Crippen molar-refractivity contribution in [1.29, 1.82) is 0 Å². The van der Waals surface area contributed by atoms with E-state index in [9.17, 15) is 9.90 Å². The third kappa shape index (κ3) is 4.03. The van der Waals surface area contributed by atoms with Crippen LogP contribution in [0.5, 0.6) is 17.2 Å². The number of benzene rings is 3. The molecule has 0 amide bonds. The van der Waals surface area contributed by atoms with Gasteiger partial charge in [0.25, 0.3) is 0 Å². The molecule has 6 heteroatoms. The van der Waals surface area contributed by atoms with Crippen LogP contribution in [0.15, 0.2) is 48.5 Å². The summed E-state index contributed by atoms with van der Waals surface area (Å²) in [6.07, 6.45) is 1.02. The van der Waals surface area contributed by atoms with Crippen molar-refractivity contribution in [3.05, 3.63) is 65.2 Å². The summed E-state index contributed by atoms with van der Waals surface area (Å²) in [6.45, 7) is 1.26. The molecule has 0 saturated heterocycles. The molecule has 1 N–H and O–H groups in total. The highest BCUT2D eigenvalue weighted by Gasteiger charge is 2.32. The van der Waals surface area contributed by atoms with Crippen LogP contribution in [-0.2, 0) is 22.5 Å². The van der Waals surface area contributed by atoms with Crippen LogP contribution >= 0.6 is 0 Å². The number of carbonyl (C=O) groups excluding carboxylic acids is 1. The van der Waals surface area contributed by atoms with E-state index in [4.69, 9.17) is 14.2 Å². The lowest BCUT2D eigenvalue weighted by molar-refractivity contribution is -0.142. The second-order valence-electron chi connectivity index (χ2n) is 7.71. The van der Waals surface area contributed by atoms with Gasteiger partial charge < -0.3 is 19.3 Å². The number of phenols is 1. The van der Waals surface area contributed by atoms with E-state index in [0.717, 1.165) is 40.4 Å². The lowest BCUT2D eigenvalue weighted by Crippen LogP contribution is -2.36. The third-order valence-electron chi connectivity index (χ3n) is 6.08. The van der Waals surface area contributed by atoms with E-state index in [1.165, 1.54) is 7.11 Å². The molecule has 4 rings (SSSR count). The number of aromatic hydroxyl groups is 1. The summed E-state index contributed by atoms with van der Waals surface area (Å²) in [7, 11) is 4.63. The Labute approximate surface area is 182 Å². The minimum Gasteiger partial charge on any atom is -0.508 e. The van der Waals surface area contributed by atoms with E-state index < -0.39 is 0 Å². The first-order chi connectivity index (χ1) is 15.0. The maximum atomic E-state index is 12.3. The number of ether oxygens (including phenoxy) is 3. The number of fused-ring (bicyclic) bond motifs is 2. The molecule has 0 radical (unpaired) electrons. The summed E-state index contributed by atoms with van der Waals surface area (Å²) in [5.74, 6) is 1.29. The summed E-state index contributed by atoms with van der Waals surface area (Å²) in [4.78, 5) is 14.5. The number of hydrogen-bond acceptors (Lipinski definition) is 6. The SMILES string of the molecule is COC(=O)C[C@@H]1c2cc(OC)c(OC)cc2CCN1Cc1c(O)ccc2ccccc12. The zero-order chi connectivity index (χ0) is 22.0. The molecule has 0 bridgehead atoms. The van der Waals surface area contributed by atoms with Crippen molar-refractivity contribution >= 4 is 16.7 Å². The first kappa shape index (κ1) is 21.0. The van der Waals surface area contributed by atoms with Gasteiger partial charge in [-0.05, 0) is 46.5 Å². The average Bonchev–Trinajstić information content (AvgIpc) is 2.81. The average molecular weight is 421 g/mol. The number of phenolic OH excluding ortho intramolecular Hbond substituents is 1. The van der Waals surface area contributed by atoms with Gasteiger partial charge in [-0.25, -0.2) is 0 Å². The van der Waals surface area contributed by atoms with E-state index in [0.29, 0.717) is 18.0 Å². The Balaban J connectivity index is 1.76. The molecule has 0 aliphatic carbocycles. The first-order valence-corrected chi connectivity index (χ1v) is 10.3. The maximum Gasteiger partial charge on any atom is 0.307 e. The summed E-state index contributed by atoms with van der Waals surface area (Å²) >= 11 is 0. The van der Waals surface area contributed by atoms with Gasteiger partial charge >= 0.3 is 5.97 Å². The molecule has 0 aromatic heterocycles. The molecule has 0 spiro atoms. The maximum absolute atomic E-state index is 12.3. The fourth-order valence-corrected chi connectivity index (χ4v) is 4.44. The quantitative estimate of drug-likeness (QED) is 0.601. The van der Waals surface area contributed by atoms with Gasteiger partial charge in [-0.15, -0.1) is 0 Å². The van der Waals surface area contributed by atoms with E-state index in [2.05, 4.69) is 4.90 Å². The Bertz CT molecular complexity index is 1110. The van der Waals surface area contributed by atoms with Gasteiger partial charge in [0.05, 0.1) is 27.8 Å². The predicted octanol–water partition coefficient (Wildman–Crippen LogP) is 4.23. The Hall–Kier alpha value is -3.25. The summed E-state index contributed by atoms with van der Waals surface area (Å²) < 4.78 is 16.0. The highest BCUT2D eigenvalue weighted by atomic mass is 16.5. The molecule has 1 aliphatic heterocycles. The second-order valence-corrected chi connectivity index (χ2v) is 7.71. The standard InChI is InChI=1S/C25H27NO5/c1-29-23-12-17-10-11-26(21(14-25(28)31-3)19(17)13-24(23)30-2)15-20-18-7-5-4-6-16(18)8-9-22(20)27/h4-9,12-13,21,27H,10-11,14-15H2,1-3H3/t21-/m1/s1. The summed E-state index contributed by atoms with van der Waals surface area (Å²) in [5, 5.41) is 12.7. The van der Waals surface area contributed by atoms with Crippen molar-refractivity contribution in [3.8, 4) is 17.2 Å². The van der Waals surface area contributed by atoms with Crippen molar-refractivity contribution in [3.63, 3.8) is 0 Å². The van der Waals surface area contributed by atoms with Gasteiger partial charge in [-0.3, -0.25) is 9.69 Å². The van der Waals surface area contributed by atoms with Gasteiger partial charge in [0, 0.05) is 24.7 Å². The van der Waals surface area contributed by atoms with Crippen LogP contribution in [-0.4, -0.2) is 43.8 Å². The van der Waals surface area contributed by atoms with Crippen LogP contribution in [0, 0.1) is 0 Å². The zero-order valence-corrected chi connectivity index (χ0v) is 18.1. The van der Waals surface area contributed by atoms with Crippen LogP contribution in [0.2, 0.25) is 0 Å². The van der Waals surface area contributed by atoms with Gasteiger partial charge in [-0.1, -0.05) is 30.3 Å². The molecular weight excluding hydrogens is 394 g/mol. The Morgan fingerprint density at radius 1 is 1.06 bits per heavy atom. The topological polar surface area (TPSA) is 68.2 Å². The fourth-order valence-electron chi connectivity index (χ4n) is 4.44. The first-order valence-electron chi connectivity index (χ1n) is 10.3. The van der Waals surface area contributed by atoms with Gasteiger partial charge in [0.1, 0.15) is 5.75 Å². The fraction of sp³-hybridized carbons (Fsp3) is 0.320. The van der Waals surface area contributed by atoms with Gasteiger partial charge in [0.2, 0.25) is 0 Å². The molecular formula is C25H27NO5. The second kappa shape index (κ2) is 8.86. The van der Waals surface area contributed by atoms with E-state index in [-0.39, 0.29) is 24.2 Å². The molecule has 1 atom stereocenters. The highest BCUT2D eigenvalue weighted by molar-refractivity contribution is 5.87. The monoisotopic (exact) mass is 421 g/mol. The lowest BCUT2D eigenvalue weighted by Gasteiger charge is -2.37. The van der Waals surface area contributed by atoms with Gasteiger partial charge in [0.15, 0.2) is 11.5 Å². The predicted molar refractivity (Wildman–Crippen MR) is 119 cm³/mol. The lowest BCUT2D eigenvalue weighted by atomic mass is 9.89. The molecule has 0 saturated carbocycles. The zero-order valence-electron chi connectivity index (χ0n) is 18.1. The smallest absolute Gasteiger partial charge is 0.307 e. The third-order valence-corrected chi connectivity index (χ3v) is 6.08. The van der Waals surface area contributed by atoms with Crippen LogP contribution in [0.3, 0.4) is 0 Å². The van der Waals surface area contributed by atoms with E-state index in [1.54, 1.807) is 20.3 Å². The van der Waals surface area contributed by atoms with Crippen molar-refractivity contribution in [2.24, 2.45) is 0 Å². The molecule has 6 nitrogen and oxygen atoms in total. The molecule has 162 valence electrons. The number of carbonyl (C=O) groups is 1. The van der Waals surface area contributed by atoms with Crippen LogP contribution in [0.1, 0.15) is 29.2 Å². The van der Waals surface area contributed by atoms with Crippen molar-refractivity contribution in [1.82, 2.24) is 4.90 Å². The molecule has 0 unspecified atom stereocenters. The van der Waals surface area contributed by atoms with Gasteiger partial charge in [-0.2, -0.15) is 0 Å². The Morgan fingerprint density at radius 3 is 2.55 bits per heavy atom. The Kier molecular flexibility index (Phi) is 6.00. The van der Waals surface area contributed by atoms with Crippen LogP contribution < -0.4 is 9.47 Å². The van der Waals surface area contributed by atoms with Crippen molar-refractivity contribution in [2.75, 3.05) is 27.9 Å². The molecule has 1 aliphatic rings. The van der Waals surface area contributed by atoms with E-state index >= 15 is 0 Å². The normalized spacial score (nSPS) is 16.0. The van der Waals surface area contributed by atoms with Crippen LogP contribution in [0.4, 0.5) is 0 Å². The molecule has 3 aromatic carbocycles. The number of nitrogens with zero attached hydrogens (tertiary/aromatic N) is 1. The molecule has 1 heterocycles. The van der Waals surface area contributed by atoms with Crippen molar-refractivity contribution in [2.45, 2.75) is 25.4 Å². The summed E-state index contributed by atoms with van der Waals surface area (Å²) in [5.41, 5.74) is 3.01. The number of methoxy groups -OCH3 is 3.